The van der Waals surface area contributed by atoms with Gasteiger partial charge in [0.1, 0.15) is 0 Å². The van der Waals surface area contributed by atoms with Gasteiger partial charge in [-0.05, 0) is 18.1 Å². The van der Waals surface area contributed by atoms with Crippen LogP contribution in [0.4, 0.5) is 8.78 Å². The highest BCUT2D eigenvalue weighted by Gasteiger charge is 2.39. The molecule has 0 aliphatic carbocycles. The van der Waals surface area contributed by atoms with E-state index in [4.69, 9.17) is 4.43 Å². The van der Waals surface area contributed by atoms with Gasteiger partial charge >= 0.3 is 0 Å². The van der Waals surface area contributed by atoms with E-state index < -0.39 is 20.8 Å². The average molecular weight is 210 g/mol. The van der Waals surface area contributed by atoms with Crippen LogP contribution in [0.15, 0.2) is 0 Å². The molecule has 0 aromatic rings. The maximum absolute atomic E-state index is 12.5. The summed E-state index contributed by atoms with van der Waals surface area (Å²) >= 11 is 0. The summed E-state index contributed by atoms with van der Waals surface area (Å²) in [6.45, 7) is 10.5. The summed E-state index contributed by atoms with van der Waals surface area (Å²) in [5.74, 6) is -2.71. The highest BCUT2D eigenvalue weighted by molar-refractivity contribution is 6.74. The van der Waals surface area contributed by atoms with Crippen molar-refractivity contribution in [1.29, 1.82) is 0 Å². The van der Waals surface area contributed by atoms with Crippen LogP contribution in [0.25, 0.3) is 0 Å². The molecule has 0 unspecified atom stereocenters. The Morgan fingerprint density at radius 1 is 1.08 bits per heavy atom. The van der Waals surface area contributed by atoms with Crippen LogP contribution in [-0.2, 0) is 4.43 Å². The summed E-state index contributed by atoms with van der Waals surface area (Å²) in [7, 11) is -1.99. The first-order valence-corrected chi connectivity index (χ1v) is 7.38. The van der Waals surface area contributed by atoms with Gasteiger partial charge in [0.05, 0.1) is 6.61 Å². The minimum atomic E-state index is -2.71. The van der Waals surface area contributed by atoms with Crippen LogP contribution in [0.3, 0.4) is 0 Å². The molecule has 0 N–H and O–H groups in total. The quantitative estimate of drug-likeness (QED) is 0.646. The van der Waals surface area contributed by atoms with E-state index in [2.05, 4.69) is 0 Å². The molecule has 0 saturated heterocycles. The molecule has 0 fully saturated rings. The van der Waals surface area contributed by atoms with Crippen LogP contribution < -0.4 is 0 Å². The Balaban J connectivity index is 4.21. The van der Waals surface area contributed by atoms with Crippen molar-refractivity contribution in [3.05, 3.63) is 0 Å². The van der Waals surface area contributed by atoms with E-state index in [1.54, 1.807) is 0 Å². The van der Waals surface area contributed by atoms with Gasteiger partial charge in [-0.15, -0.1) is 0 Å². The third-order valence-corrected chi connectivity index (χ3v) is 6.97. The third kappa shape index (κ3) is 4.71. The molecule has 1 nitrogen and oxygen atoms in total. The molecule has 0 aliphatic rings. The molecule has 0 heterocycles. The lowest BCUT2D eigenvalue weighted by Crippen LogP contribution is -2.43. The summed E-state index contributed by atoms with van der Waals surface area (Å²) in [4.78, 5) is 0. The van der Waals surface area contributed by atoms with Crippen LogP contribution in [0.2, 0.25) is 18.1 Å². The summed E-state index contributed by atoms with van der Waals surface area (Å²) in [6, 6.07) is 0. The number of hydrogen-bond donors (Lipinski definition) is 0. The molecule has 13 heavy (non-hydrogen) atoms. The third-order valence-electron chi connectivity index (χ3n) is 2.49. The van der Waals surface area contributed by atoms with Crippen molar-refractivity contribution in [1.82, 2.24) is 0 Å². The number of rotatable bonds is 3. The van der Waals surface area contributed by atoms with Gasteiger partial charge in [0.15, 0.2) is 8.32 Å². The van der Waals surface area contributed by atoms with Crippen LogP contribution in [-0.4, -0.2) is 20.8 Å². The zero-order valence-electron chi connectivity index (χ0n) is 9.37. The van der Waals surface area contributed by atoms with E-state index in [0.29, 0.717) is 0 Å². The Morgan fingerprint density at radius 3 is 1.69 bits per heavy atom. The first-order valence-electron chi connectivity index (χ1n) is 4.47. The summed E-state index contributed by atoms with van der Waals surface area (Å²) < 4.78 is 30.4. The molecule has 4 heteroatoms. The zero-order valence-corrected chi connectivity index (χ0v) is 10.4. The molecule has 0 bridgehead atoms. The van der Waals surface area contributed by atoms with E-state index >= 15 is 0 Å². The molecule has 0 radical (unpaired) electrons. The Morgan fingerprint density at radius 2 is 1.46 bits per heavy atom. The van der Waals surface area contributed by atoms with E-state index in [0.717, 1.165) is 6.92 Å². The first-order chi connectivity index (χ1) is 5.46. The predicted molar refractivity (Wildman–Crippen MR) is 53.8 cm³/mol. The van der Waals surface area contributed by atoms with Crippen LogP contribution >= 0.6 is 0 Å². The number of halogens is 2. The fourth-order valence-electron chi connectivity index (χ4n) is 0.524. The van der Waals surface area contributed by atoms with Gasteiger partial charge in [-0.3, -0.25) is 0 Å². The largest absolute Gasteiger partial charge is 0.411 e. The molecule has 0 aliphatic heterocycles. The zero-order chi connectivity index (χ0) is 10.9. The highest BCUT2D eigenvalue weighted by Crippen LogP contribution is 2.37. The molecule has 0 amide bonds. The maximum atomic E-state index is 12.5. The average Bonchev–Trinajstić information content (AvgIpc) is 1.79. The summed E-state index contributed by atoms with van der Waals surface area (Å²) in [5, 5.41) is -0.00174. The van der Waals surface area contributed by atoms with E-state index in [9.17, 15) is 8.78 Å². The smallest absolute Gasteiger partial charge is 0.266 e. The second-order valence-corrected chi connectivity index (χ2v) is 9.93. The van der Waals surface area contributed by atoms with Crippen molar-refractivity contribution >= 4 is 8.32 Å². The van der Waals surface area contributed by atoms with Crippen molar-refractivity contribution < 1.29 is 13.2 Å². The lowest BCUT2D eigenvalue weighted by atomic mass is 10.2. The molecule has 0 saturated carbocycles. The first kappa shape index (κ1) is 13.0. The molecule has 0 aromatic carbocycles. The fourth-order valence-corrected chi connectivity index (χ4v) is 1.57. The number of alkyl halides is 2. The molecule has 80 valence electrons. The molecular weight excluding hydrogens is 190 g/mol. The number of hydrogen-bond acceptors (Lipinski definition) is 1. The Bertz CT molecular complexity index is 167. The standard InChI is InChI=1S/C9H20F2OSi/c1-8(2,3)13(5,6)12-7-9(4,10)11/h7H2,1-6H3. The van der Waals surface area contributed by atoms with Crippen molar-refractivity contribution in [2.24, 2.45) is 0 Å². The topological polar surface area (TPSA) is 9.23 Å². The predicted octanol–water partition coefficient (Wildman–Crippen LogP) is 3.66. The summed E-state index contributed by atoms with van der Waals surface area (Å²) in [5.41, 5.74) is 0. The van der Waals surface area contributed by atoms with Crippen LogP contribution in [0.1, 0.15) is 27.7 Å². The van der Waals surface area contributed by atoms with Gasteiger partial charge in [-0.25, -0.2) is 8.78 Å². The van der Waals surface area contributed by atoms with Gasteiger partial charge in [0, 0.05) is 6.92 Å². The van der Waals surface area contributed by atoms with Gasteiger partial charge in [0.25, 0.3) is 5.92 Å². The van der Waals surface area contributed by atoms with Gasteiger partial charge in [0.2, 0.25) is 0 Å². The Kier molecular flexibility index (Phi) is 3.66. The van der Waals surface area contributed by atoms with Crippen LogP contribution in [0.5, 0.6) is 0 Å². The highest BCUT2D eigenvalue weighted by atomic mass is 28.4. The molecule has 0 atom stereocenters. The van der Waals surface area contributed by atoms with Crippen molar-refractivity contribution in [2.45, 2.75) is 51.7 Å². The van der Waals surface area contributed by atoms with Crippen molar-refractivity contribution in [3.8, 4) is 0 Å². The lowest BCUT2D eigenvalue weighted by Gasteiger charge is -2.36. The Labute approximate surface area is 80.6 Å². The van der Waals surface area contributed by atoms with Gasteiger partial charge in [-0.1, -0.05) is 20.8 Å². The van der Waals surface area contributed by atoms with E-state index in [-0.39, 0.29) is 5.04 Å². The lowest BCUT2D eigenvalue weighted by molar-refractivity contribution is -0.0274. The fraction of sp³-hybridized carbons (Fsp3) is 1.00. The second kappa shape index (κ2) is 3.65. The minimum absolute atomic E-state index is 0.00174. The van der Waals surface area contributed by atoms with Crippen LogP contribution in [0, 0.1) is 0 Å². The minimum Gasteiger partial charge on any atom is -0.411 e. The van der Waals surface area contributed by atoms with Gasteiger partial charge in [-0.2, -0.15) is 0 Å². The monoisotopic (exact) mass is 210 g/mol. The maximum Gasteiger partial charge on any atom is 0.266 e. The van der Waals surface area contributed by atoms with E-state index in [1.165, 1.54) is 0 Å². The second-order valence-electron chi connectivity index (χ2n) is 5.12. The normalized spacial score (nSPS) is 14.8. The summed E-state index contributed by atoms with van der Waals surface area (Å²) in [6.07, 6.45) is 0. The SMILES string of the molecule is CC(F)(F)CO[Si](C)(C)C(C)(C)C. The molecular formula is C9H20F2OSi. The van der Waals surface area contributed by atoms with Crippen molar-refractivity contribution in [3.63, 3.8) is 0 Å². The van der Waals surface area contributed by atoms with E-state index in [1.807, 2.05) is 33.9 Å². The van der Waals surface area contributed by atoms with Gasteiger partial charge < -0.3 is 4.43 Å². The molecule has 0 rings (SSSR count). The van der Waals surface area contributed by atoms with Crippen molar-refractivity contribution in [2.75, 3.05) is 6.61 Å². The molecule has 0 spiro atoms. The Hall–Kier alpha value is 0.0369. The molecule has 0 aromatic heterocycles.